The predicted octanol–water partition coefficient (Wildman–Crippen LogP) is 2.24. The van der Waals surface area contributed by atoms with Crippen LogP contribution < -0.4 is 5.32 Å². The molecule has 2 aliphatic heterocycles. The number of aromatic nitrogens is 1. The fourth-order valence-electron chi connectivity index (χ4n) is 3.37. The highest BCUT2D eigenvalue weighted by Gasteiger charge is 2.21. The van der Waals surface area contributed by atoms with Crippen molar-refractivity contribution in [2.24, 2.45) is 5.92 Å². The maximum absolute atomic E-state index is 4.69. The van der Waals surface area contributed by atoms with E-state index >= 15 is 0 Å². The van der Waals surface area contributed by atoms with E-state index in [1.165, 1.54) is 69.4 Å². The Hall–Kier alpha value is -0.200. The Morgan fingerprint density at radius 2 is 1.86 bits per heavy atom. The minimum absolute atomic E-state index is 0. The van der Waals surface area contributed by atoms with Crippen LogP contribution in [0.5, 0.6) is 0 Å². The molecule has 1 aromatic rings. The van der Waals surface area contributed by atoms with E-state index in [4.69, 9.17) is 4.98 Å². The molecule has 0 aromatic carbocycles. The molecular formula is C16H29ClN4S. The summed E-state index contributed by atoms with van der Waals surface area (Å²) in [6.45, 7) is 11.8. The Bertz CT molecular complexity index is 426. The van der Waals surface area contributed by atoms with Crippen molar-refractivity contribution in [2.45, 2.75) is 32.7 Å². The smallest absolute Gasteiger partial charge is 0.0926 e. The lowest BCUT2D eigenvalue weighted by molar-refractivity contribution is 0.106. The first-order valence-electron chi connectivity index (χ1n) is 8.42. The van der Waals surface area contributed by atoms with E-state index in [2.05, 4.69) is 27.4 Å². The average molecular weight is 345 g/mol. The molecule has 2 aliphatic rings. The van der Waals surface area contributed by atoms with Gasteiger partial charge in [0.05, 0.1) is 10.7 Å². The molecule has 0 amide bonds. The van der Waals surface area contributed by atoms with Crippen LogP contribution in [0.25, 0.3) is 0 Å². The molecule has 3 heterocycles. The third-order valence-electron chi connectivity index (χ3n) is 4.73. The molecule has 3 rings (SSSR count). The first-order chi connectivity index (χ1) is 10.3. The number of halogens is 1. The zero-order valence-electron chi connectivity index (χ0n) is 13.6. The fraction of sp³-hybridized carbons (Fsp3) is 0.812. The fourth-order valence-corrected chi connectivity index (χ4v) is 4.11. The predicted molar refractivity (Wildman–Crippen MR) is 96.1 cm³/mol. The Morgan fingerprint density at radius 3 is 2.50 bits per heavy atom. The highest BCUT2D eigenvalue weighted by atomic mass is 35.5. The number of nitrogens with zero attached hydrogens (tertiary/aromatic N) is 3. The minimum Gasteiger partial charge on any atom is -0.317 e. The van der Waals surface area contributed by atoms with Crippen molar-refractivity contribution in [1.29, 1.82) is 0 Å². The lowest BCUT2D eigenvalue weighted by atomic mass is 9.97. The third-order valence-corrected chi connectivity index (χ3v) is 5.77. The lowest BCUT2D eigenvalue weighted by Crippen LogP contribution is -2.48. The number of piperazine rings is 1. The number of piperidine rings is 1. The topological polar surface area (TPSA) is 31.4 Å². The summed E-state index contributed by atoms with van der Waals surface area (Å²) >= 11 is 1.81. The van der Waals surface area contributed by atoms with Gasteiger partial charge in [0.2, 0.25) is 0 Å². The van der Waals surface area contributed by atoms with Crippen molar-refractivity contribution >= 4 is 23.7 Å². The molecule has 1 N–H and O–H groups in total. The van der Waals surface area contributed by atoms with E-state index in [0.29, 0.717) is 0 Å². The van der Waals surface area contributed by atoms with Crippen LogP contribution in [0.4, 0.5) is 0 Å². The molecule has 0 spiro atoms. The molecule has 126 valence electrons. The largest absolute Gasteiger partial charge is 0.317 e. The molecule has 0 radical (unpaired) electrons. The summed E-state index contributed by atoms with van der Waals surface area (Å²) < 4.78 is 0. The molecule has 0 saturated carbocycles. The quantitative estimate of drug-likeness (QED) is 0.887. The van der Waals surface area contributed by atoms with Gasteiger partial charge in [-0.15, -0.1) is 23.7 Å². The van der Waals surface area contributed by atoms with Gasteiger partial charge >= 0.3 is 0 Å². The van der Waals surface area contributed by atoms with Crippen LogP contribution in [0, 0.1) is 5.92 Å². The summed E-state index contributed by atoms with van der Waals surface area (Å²) in [5.74, 6) is 0.920. The number of rotatable bonds is 5. The second-order valence-electron chi connectivity index (χ2n) is 6.36. The Morgan fingerprint density at radius 1 is 1.18 bits per heavy atom. The number of nitrogens with one attached hydrogen (secondary N) is 1. The van der Waals surface area contributed by atoms with Crippen molar-refractivity contribution in [3.05, 3.63) is 16.1 Å². The molecule has 4 nitrogen and oxygen atoms in total. The van der Waals surface area contributed by atoms with Gasteiger partial charge in [-0.05, 0) is 38.3 Å². The molecule has 1 aromatic heterocycles. The van der Waals surface area contributed by atoms with Crippen molar-refractivity contribution in [2.75, 3.05) is 45.8 Å². The number of hydrogen-bond acceptors (Lipinski definition) is 5. The monoisotopic (exact) mass is 344 g/mol. The Labute approximate surface area is 144 Å². The van der Waals surface area contributed by atoms with Gasteiger partial charge in [-0.2, -0.15) is 0 Å². The first kappa shape index (κ1) is 18.1. The van der Waals surface area contributed by atoms with Gasteiger partial charge in [-0.1, -0.05) is 6.92 Å². The molecule has 2 fully saturated rings. The van der Waals surface area contributed by atoms with E-state index in [-0.39, 0.29) is 12.4 Å². The van der Waals surface area contributed by atoms with E-state index < -0.39 is 0 Å². The van der Waals surface area contributed by atoms with E-state index in [1.807, 2.05) is 11.3 Å². The molecule has 0 aliphatic carbocycles. The first-order valence-corrected chi connectivity index (χ1v) is 9.30. The summed E-state index contributed by atoms with van der Waals surface area (Å²) in [4.78, 5) is 9.93. The average Bonchev–Trinajstić information content (AvgIpc) is 2.98. The molecular weight excluding hydrogens is 316 g/mol. The highest BCUT2D eigenvalue weighted by Crippen LogP contribution is 2.16. The molecule has 0 atom stereocenters. The van der Waals surface area contributed by atoms with Crippen LogP contribution in [0.15, 0.2) is 5.38 Å². The van der Waals surface area contributed by atoms with E-state index in [0.717, 1.165) is 18.9 Å². The van der Waals surface area contributed by atoms with Crippen LogP contribution >= 0.6 is 23.7 Å². The van der Waals surface area contributed by atoms with Crippen LogP contribution in [-0.2, 0) is 13.0 Å². The molecule has 2 saturated heterocycles. The standard InChI is InChI=1S/C16H28N4S.ClH/c1-2-16-18-15(13-21-16)12-20-9-7-19(8-10-20)11-14-3-5-17-6-4-14;/h13-14,17H,2-12H2,1H3;1H. The van der Waals surface area contributed by atoms with Gasteiger partial charge in [0.15, 0.2) is 0 Å². The van der Waals surface area contributed by atoms with Gasteiger partial charge < -0.3 is 10.2 Å². The SMILES string of the molecule is CCc1nc(CN2CCN(CC3CCNCC3)CC2)cs1.Cl. The lowest BCUT2D eigenvalue weighted by Gasteiger charge is -2.37. The maximum atomic E-state index is 4.69. The highest BCUT2D eigenvalue weighted by molar-refractivity contribution is 7.09. The molecule has 6 heteroatoms. The van der Waals surface area contributed by atoms with Crippen molar-refractivity contribution in [1.82, 2.24) is 20.1 Å². The third kappa shape index (κ3) is 5.17. The summed E-state index contributed by atoms with van der Waals surface area (Å²) in [6.07, 6.45) is 3.78. The molecule has 0 unspecified atom stereocenters. The van der Waals surface area contributed by atoms with Crippen LogP contribution in [-0.4, -0.2) is 60.6 Å². The van der Waals surface area contributed by atoms with Crippen molar-refractivity contribution < 1.29 is 0 Å². The summed E-state index contributed by atoms with van der Waals surface area (Å²) in [7, 11) is 0. The summed E-state index contributed by atoms with van der Waals surface area (Å²) in [5.41, 5.74) is 1.27. The molecule has 22 heavy (non-hydrogen) atoms. The number of aryl methyl sites for hydroxylation is 1. The zero-order valence-corrected chi connectivity index (χ0v) is 15.2. The van der Waals surface area contributed by atoms with Gasteiger partial charge in [-0.3, -0.25) is 4.90 Å². The van der Waals surface area contributed by atoms with Gasteiger partial charge in [-0.25, -0.2) is 4.98 Å². The Balaban J connectivity index is 0.00000176. The Kier molecular flexibility index (Phi) is 7.57. The molecule has 0 bridgehead atoms. The normalized spacial score (nSPS) is 21.7. The van der Waals surface area contributed by atoms with Crippen LogP contribution in [0.3, 0.4) is 0 Å². The minimum atomic E-state index is 0. The maximum Gasteiger partial charge on any atom is 0.0926 e. The second-order valence-corrected chi connectivity index (χ2v) is 7.30. The number of hydrogen-bond donors (Lipinski definition) is 1. The second kappa shape index (κ2) is 9.18. The van der Waals surface area contributed by atoms with Crippen molar-refractivity contribution in [3.8, 4) is 0 Å². The van der Waals surface area contributed by atoms with Gasteiger partial charge in [0.1, 0.15) is 0 Å². The van der Waals surface area contributed by atoms with Gasteiger partial charge in [0, 0.05) is 44.6 Å². The summed E-state index contributed by atoms with van der Waals surface area (Å²) in [6, 6.07) is 0. The van der Waals surface area contributed by atoms with Crippen molar-refractivity contribution in [3.63, 3.8) is 0 Å². The van der Waals surface area contributed by atoms with Crippen LogP contribution in [0.1, 0.15) is 30.5 Å². The summed E-state index contributed by atoms with van der Waals surface area (Å²) in [5, 5.41) is 6.97. The van der Waals surface area contributed by atoms with E-state index in [1.54, 1.807) is 0 Å². The zero-order chi connectivity index (χ0) is 14.5. The van der Waals surface area contributed by atoms with E-state index in [9.17, 15) is 0 Å². The number of thiazole rings is 1. The van der Waals surface area contributed by atoms with Crippen LogP contribution in [0.2, 0.25) is 0 Å². The van der Waals surface area contributed by atoms with Gasteiger partial charge in [0.25, 0.3) is 0 Å².